The van der Waals surface area contributed by atoms with E-state index in [0.717, 1.165) is 16.7 Å². The molecule has 20 heavy (non-hydrogen) atoms. The summed E-state index contributed by atoms with van der Waals surface area (Å²) >= 11 is 3.36. The van der Waals surface area contributed by atoms with Gasteiger partial charge in [-0.25, -0.2) is 4.79 Å². The molecular formula is C16H16BrNO2. The Morgan fingerprint density at radius 2 is 1.95 bits per heavy atom. The van der Waals surface area contributed by atoms with Crippen LogP contribution in [0.15, 0.2) is 46.9 Å². The van der Waals surface area contributed by atoms with Crippen molar-refractivity contribution >= 4 is 27.6 Å². The number of benzene rings is 2. The minimum atomic E-state index is -0.920. The van der Waals surface area contributed by atoms with Crippen LogP contribution in [0.2, 0.25) is 0 Å². The maximum absolute atomic E-state index is 11.1. The molecule has 0 fully saturated rings. The van der Waals surface area contributed by atoms with Crippen LogP contribution in [-0.2, 0) is 6.54 Å². The fourth-order valence-corrected chi connectivity index (χ4v) is 2.53. The Bertz CT molecular complexity index is 640. The van der Waals surface area contributed by atoms with E-state index in [0.29, 0.717) is 0 Å². The largest absolute Gasteiger partial charge is 0.478 e. The SMILES string of the molecule is Cc1ccccc1CN(C)c1cc(Br)cc(C(=O)O)c1. The third-order valence-corrected chi connectivity index (χ3v) is 3.70. The number of rotatable bonds is 4. The molecular weight excluding hydrogens is 318 g/mol. The molecule has 0 amide bonds. The smallest absolute Gasteiger partial charge is 0.335 e. The number of halogens is 1. The van der Waals surface area contributed by atoms with Gasteiger partial charge in [0.15, 0.2) is 0 Å². The predicted octanol–water partition coefficient (Wildman–Crippen LogP) is 4.09. The normalized spacial score (nSPS) is 10.3. The van der Waals surface area contributed by atoms with Crippen LogP contribution in [-0.4, -0.2) is 18.1 Å². The molecule has 4 heteroatoms. The van der Waals surface area contributed by atoms with Crippen LogP contribution in [0.4, 0.5) is 5.69 Å². The number of carboxylic acid groups (broad SMARTS) is 1. The first-order valence-corrected chi connectivity index (χ1v) is 7.06. The summed E-state index contributed by atoms with van der Waals surface area (Å²) < 4.78 is 0.768. The predicted molar refractivity (Wildman–Crippen MR) is 84.4 cm³/mol. The molecule has 0 atom stereocenters. The molecule has 0 aliphatic carbocycles. The number of hydrogen-bond acceptors (Lipinski definition) is 2. The molecule has 0 bridgehead atoms. The zero-order valence-corrected chi connectivity index (χ0v) is 13.0. The fraction of sp³-hybridized carbons (Fsp3) is 0.188. The minimum Gasteiger partial charge on any atom is -0.478 e. The second-order valence-corrected chi connectivity index (χ2v) is 5.70. The van der Waals surface area contributed by atoms with Crippen molar-refractivity contribution in [2.45, 2.75) is 13.5 Å². The monoisotopic (exact) mass is 333 g/mol. The molecule has 3 nitrogen and oxygen atoms in total. The number of carboxylic acids is 1. The van der Waals surface area contributed by atoms with E-state index in [1.54, 1.807) is 12.1 Å². The summed E-state index contributed by atoms with van der Waals surface area (Å²) in [5, 5.41) is 9.11. The third-order valence-electron chi connectivity index (χ3n) is 3.24. The van der Waals surface area contributed by atoms with E-state index in [2.05, 4.69) is 35.0 Å². The van der Waals surface area contributed by atoms with Gasteiger partial charge >= 0.3 is 5.97 Å². The van der Waals surface area contributed by atoms with Crippen molar-refractivity contribution in [2.24, 2.45) is 0 Å². The van der Waals surface area contributed by atoms with Crippen molar-refractivity contribution in [2.75, 3.05) is 11.9 Å². The van der Waals surface area contributed by atoms with Gasteiger partial charge in [-0.1, -0.05) is 40.2 Å². The summed E-state index contributed by atoms with van der Waals surface area (Å²) in [5.41, 5.74) is 3.62. The second kappa shape index (κ2) is 6.09. The van der Waals surface area contributed by atoms with E-state index in [-0.39, 0.29) is 5.56 Å². The van der Waals surface area contributed by atoms with E-state index in [1.165, 1.54) is 11.1 Å². The fourth-order valence-electron chi connectivity index (χ4n) is 2.05. The number of aromatic carboxylic acids is 1. The van der Waals surface area contributed by atoms with Crippen LogP contribution in [0.3, 0.4) is 0 Å². The molecule has 2 aromatic carbocycles. The number of hydrogen-bond donors (Lipinski definition) is 1. The Labute approximate surface area is 127 Å². The Kier molecular flexibility index (Phi) is 4.45. The van der Waals surface area contributed by atoms with Gasteiger partial charge in [-0.3, -0.25) is 0 Å². The molecule has 0 spiro atoms. The Hall–Kier alpha value is -1.81. The molecule has 0 unspecified atom stereocenters. The lowest BCUT2D eigenvalue weighted by Gasteiger charge is -2.21. The van der Waals surface area contributed by atoms with E-state index in [1.807, 2.05) is 30.1 Å². The first-order chi connectivity index (χ1) is 9.47. The summed E-state index contributed by atoms with van der Waals surface area (Å²) in [6.45, 7) is 2.81. The van der Waals surface area contributed by atoms with Gasteiger partial charge in [-0.15, -0.1) is 0 Å². The van der Waals surface area contributed by atoms with Crippen LogP contribution in [0.25, 0.3) is 0 Å². The molecule has 0 saturated heterocycles. The molecule has 0 aliphatic rings. The average molecular weight is 334 g/mol. The number of carbonyl (C=O) groups is 1. The van der Waals surface area contributed by atoms with Crippen molar-refractivity contribution in [1.82, 2.24) is 0 Å². The number of anilines is 1. The summed E-state index contributed by atoms with van der Waals surface area (Å²) in [6, 6.07) is 13.4. The molecule has 1 N–H and O–H groups in total. The summed E-state index contributed by atoms with van der Waals surface area (Å²) in [7, 11) is 1.96. The van der Waals surface area contributed by atoms with Gasteiger partial charge in [0, 0.05) is 23.8 Å². The summed E-state index contributed by atoms with van der Waals surface area (Å²) in [4.78, 5) is 13.1. The van der Waals surface area contributed by atoms with Crippen molar-refractivity contribution in [3.05, 3.63) is 63.6 Å². The first kappa shape index (κ1) is 14.6. The van der Waals surface area contributed by atoms with Crippen molar-refractivity contribution in [3.63, 3.8) is 0 Å². The highest BCUT2D eigenvalue weighted by molar-refractivity contribution is 9.10. The van der Waals surface area contributed by atoms with Crippen LogP contribution in [0, 0.1) is 6.92 Å². The van der Waals surface area contributed by atoms with Crippen LogP contribution >= 0.6 is 15.9 Å². The van der Waals surface area contributed by atoms with Gasteiger partial charge in [0.25, 0.3) is 0 Å². The highest BCUT2D eigenvalue weighted by Gasteiger charge is 2.10. The van der Waals surface area contributed by atoms with Gasteiger partial charge in [0.1, 0.15) is 0 Å². The molecule has 104 valence electrons. The first-order valence-electron chi connectivity index (χ1n) is 6.27. The summed E-state index contributed by atoms with van der Waals surface area (Å²) in [6.07, 6.45) is 0. The molecule has 2 rings (SSSR count). The minimum absolute atomic E-state index is 0.283. The zero-order chi connectivity index (χ0) is 14.7. The van der Waals surface area contributed by atoms with Crippen molar-refractivity contribution in [1.29, 1.82) is 0 Å². The number of aryl methyl sites for hydroxylation is 1. The highest BCUT2D eigenvalue weighted by atomic mass is 79.9. The van der Waals surface area contributed by atoms with E-state index in [4.69, 9.17) is 5.11 Å². The Morgan fingerprint density at radius 3 is 2.60 bits per heavy atom. The lowest BCUT2D eigenvalue weighted by molar-refractivity contribution is 0.0697. The van der Waals surface area contributed by atoms with Gasteiger partial charge in [-0.05, 0) is 36.2 Å². The Balaban J connectivity index is 2.27. The lowest BCUT2D eigenvalue weighted by Crippen LogP contribution is -2.17. The Morgan fingerprint density at radius 1 is 1.25 bits per heavy atom. The quantitative estimate of drug-likeness (QED) is 0.915. The maximum Gasteiger partial charge on any atom is 0.335 e. The second-order valence-electron chi connectivity index (χ2n) is 4.79. The number of nitrogens with zero attached hydrogens (tertiary/aromatic N) is 1. The lowest BCUT2D eigenvalue weighted by atomic mass is 10.1. The van der Waals surface area contributed by atoms with E-state index in [9.17, 15) is 4.79 Å². The highest BCUT2D eigenvalue weighted by Crippen LogP contribution is 2.24. The van der Waals surface area contributed by atoms with Crippen LogP contribution < -0.4 is 4.90 Å². The van der Waals surface area contributed by atoms with Crippen LogP contribution in [0.1, 0.15) is 21.5 Å². The molecule has 0 heterocycles. The van der Waals surface area contributed by atoms with E-state index >= 15 is 0 Å². The molecule has 0 aromatic heterocycles. The summed E-state index contributed by atoms with van der Waals surface area (Å²) in [5.74, 6) is -0.920. The standard InChI is InChI=1S/C16H16BrNO2/c1-11-5-3-4-6-12(11)10-18(2)15-8-13(16(19)20)7-14(17)9-15/h3-9H,10H2,1-2H3,(H,19,20). The van der Waals surface area contributed by atoms with Crippen molar-refractivity contribution < 1.29 is 9.90 Å². The average Bonchev–Trinajstić information content (AvgIpc) is 2.40. The molecule has 0 saturated carbocycles. The van der Waals surface area contributed by atoms with Gasteiger partial charge < -0.3 is 10.0 Å². The van der Waals surface area contributed by atoms with Gasteiger partial charge in [0.05, 0.1) is 5.56 Å². The topological polar surface area (TPSA) is 40.5 Å². The molecule has 2 aromatic rings. The van der Waals surface area contributed by atoms with Gasteiger partial charge in [-0.2, -0.15) is 0 Å². The van der Waals surface area contributed by atoms with Gasteiger partial charge in [0.2, 0.25) is 0 Å². The zero-order valence-electron chi connectivity index (χ0n) is 11.4. The maximum atomic E-state index is 11.1. The van der Waals surface area contributed by atoms with Crippen molar-refractivity contribution in [3.8, 4) is 0 Å². The molecule has 0 aliphatic heterocycles. The third kappa shape index (κ3) is 3.39. The van der Waals surface area contributed by atoms with E-state index < -0.39 is 5.97 Å². The molecule has 0 radical (unpaired) electrons. The van der Waals surface area contributed by atoms with Crippen LogP contribution in [0.5, 0.6) is 0 Å².